The Hall–Kier alpha value is -1.43. The Bertz CT molecular complexity index is 853. The number of benzene rings is 1. The van der Waals surface area contributed by atoms with Gasteiger partial charge in [-0.2, -0.15) is 0 Å². The first-order valence-electron chi connectivity index (χ1n) is 11.2. The Morgan fingerprint density at radius 3 is 2.48 bits per heavy atom. The molecule has 1 aromatic carbocycles. The molecule has 0 amide bonds. The molecule has 2 saturated carbocycles. The number of fused-ring (bicyclic) bond motifs is 3. The van der Waals surface area contributed by atoms with Crippen LogP contribution in [-0.4, -0.2) is 38.9 Å². The molecule has 2 fully saturated rings. The fourth-order valence-corrected chi connectivity index (χ4v) is 5.57. The Morgan fingerprint density at radius 1 is 0.931 bits per heavy atom. The second-order valence-electron chi connectivity index (χ2n) is 9.12. The van der Waals surface area contributed by atoms with Crippen LogP contribution in [0.3, 0.4) is 0 Å². The standard InChI is InChI=1S/C23H31ClN4O/c1-27-14-17-13-18(24)9-12-21(17)28-22(15-27)25-26-23(28)16-7-10-20(11-8-16)29-19-5-3-2-4-6-19/h9,12-13,16,19-20H,2-8,10-11,14-15H2,1H3. The van der Waals surface area contributed by atoms with Crippen LogP contribution in [0.4, 0.5) is 0 Å². The van der Waals surface area contributed by atoms with Crippen LogP contribution >= 0.6 is 11.6 Å². The van der Waals surface area contributed by atoms with Gasteiger partial charge in [0.1, 0.15) is 5.82 Å². The van der Waals surface area contributed by atoms with Gasteiger partial charge in [-0.1, -0.05) is 30.9 Å². The zero-order chi connectivity index (χ0) is 19.8. The van der Waals surface area contributed by atoms with Gasteiger partial charge in [-0.05, 0) is 69.3 Å². The molecule has 156 valence electrons. The van der Waals surface area contributed by atoms with E-state index in [4.69, 9.17) is 16.3 Å². The fourth-order valence-electron chi connectivity index (χ4n) is 5.38. The van der Waals surface area contributed by atoms with E-state index in [1.54, 1.807) is 0 Å². The molecular weight excluding hydrogens is 384 g/mol. The molecule has 2 aliphatic carbocycles. The maximum Gasteiger partial charge on any atom is 0.151 e. The van der Waals surface area contributed by atoms with E-state index >= 15 is 0 Å². The molecule has 3 aliphatic rings. The second-order valence-corrected chi connectivity index (χ2v) is 9.56. The number of aromatic nitrogens is 3. The highest BCUT2D eigenvalue weighted by molar-refractivity contribution is 6.30. The molecule has 0 saturated heterocycles. The zero-order valence-electron chi connectivity index (χ0n) is 17.3. The molecule has 2 aromatic rings. The molecular formula is C23H31ClN4O. The van der Waals surface area contributed by atoms with Crippen LogP contribution in [0, 0.1) is 0 Å². The average molecular weight is 415 g/mol. The molecule has 0 N–H and O–H groups in total. The van der Waals surface area contributed by atoms with Gasteiger partial charge in [-0.15, -0.1) is 10.2 Å². The Balaban J connectivity index is 1.34. The van der Waals surface area contributed by atoms with Crippen molar-refractivity contribution in [3.8, 4) is 5.69 Å². The lowest BCUT2D eigenvalue weighted by Crippen LogP contribution is -2.28. The van der Waals surface area contributed by atoms with Gasteiger partial charge >= 0.3 is 0 Å². The fraction of sp³-hybridized carbons (Fsp3) is 0.652. The lowest BCUT2D eigenvalue weighted by molar-refractivity contribution is -0.0474. The topological polar surface area (TPSA) is 43.2 Å². The average Bonchev–Trinajstić information content (AvgIpc) is 3.06. The van der Waals surface area contributed by atoms with Crippen molar-refractivity contribution in [1.82, 2.24) is 19.7 Å². The third kappa shape index (κ3) is 4.10. The van der Waals surface area contributed by atoms with Crippen molar-refractivity contribution in [1.29, 1.82) is 0 Å². The summed E-state index contributed by atoms with van der Waals surface area (Å²) in [6.45, 7) is 1.68. The Morgan fingerprint density at radius 2 is 1.69 bits per heavy atom. The van der Waals surface area contributed by atoms with Gasteiger partial charge in [-0.25, -0.2) is 0 Å². The van der Waals surface area contributed by atoms with E-state index in [0.717, 1.165) is 55.4 Å². The number of hydrogen-bond donors (Lipinski definition) is 0. The van der Waals surface area contributed by atoms with Gasteiger partial charge in [0, 0.05) is 17.5 Å². The number of nitrogens with zero attached hydrogens (tertiary/aromatic N) is 4. The van der Waals surface area contributed by atoms with Crippen LogP contribution in [0.2, 0.25) is 5.02 Å². The van der Waals surface area contributed by atoms with Crippen molar-refractivity contribution in [2.24, 2.45) is 0 Å². The van der Waals surface area contributed by atoms with Crippen molar-refractivity contribution >= 4 is 11.6 Å². The first-order valence-corrected chi connectivity index (χ1v) is 11.6. The van der Waals surface area contributed by atoms with Crippen molar-refractivity contribution in [2.75, 3.05) is 7.05 Å². The normalized spacial score (nSPS) is 26.0. The van der Waals surface area contributed by atoms with E-state index in [-0.39, 0.29) is 0 Å². The van der Waals surface area contributed by atoms with E-state index in [1.807, 2.05) is 6.07 Å². The van der Waals surface area contributed by atoms with Crippen LogP contribution in [0.25, 0.3) is 5.69 Å². The van der Waals surface area contributed by atoms with Gasteiger partial charge in [0.25, 0.3) is 0 Å². The minimum absolute atomic E-state index is 0.429. The minimum Gasteiger partial charge on any atom is -0.375 e. The highest BCUT2D eigenvalue weighted by Crippen LogP contribution is 2.37. The summed E-state index contributed by atoms with van der Waals surface area (Å²) in [5, 5.41) is 10.0. The maximum absolute atomic E-state index is 6.45. The lowest BCUT2D eigenvalue weighted by Gasteiger charge is -2.32. The molecule has 0 atom stereocenters. The molecule has 1 aliphatic heterocycles. The SMILES string of the molecule is CN1Cc2cc(Cl)ccc2-n2c(nnc2C2CCC(OC3CCCCC3)CC2)C1. The van der Waals surface area contributed by atoms with E-state index in [9.17, 15) is 0 Å². The van der Waals surface area contributed by atoms with Crippen molar-refractivity contribution in [2.45, 2.75) is 89.0 Å². The largest absolute Gasteiger partial charge is 0.375 e. The molecule has 0 radical (unpaired) electrons. The molecule has 5 rings (SSSR count). The summed E-state index contributed by atoms with van der Waals surface area (Å²) in [6.07, 6.45) is 12.0. The monoisotopic (exact) mass is 414 g/mol. The van der Waals surface area contributed by atoms with E-state index in [1.165, 1.54) is 43.4 Å². The summed E-state index contributed by atoms with van der Waals surface area (Å²) in [4.78, 5) is 2.28. The number of ether oxygens (including phenoxy) is 1. The van der Waals surface area contributed by atoms with Gasteiger partial charge in [0.2, 0.25) is 0 Å². The molecule has 2 heterocycles. The molecule has 0 spiro atoms. The number of halogens is 1. The number of rotatable bonds is 3. The summed E-state index contributed by atoms with van der Waals surface area (Å²) in [5.74, 6) is 2.61. The molecule has 0 bridgehead atoms. The minimum atomic E-state index is 0.429. The molecule has 1 aromatic heterocycles. The smallest absolute Gasteiger partial charge is 0.151 e. The van der Waals surface area contributed by atoms with Crippen LogP contribution in [-0.2, 0) is 17.8 Å². The first kappa shape index (κ1) is 19.5. The third-order valence-electron chi connectivity index (χ3n) is 6.87. The number of hydrogen-bond acceptors (Lipinski definition) is 4. The summed E-state index contributed by atoms with van der Waals surface area (Å²) >= 11 is 6.29. The molecule has 29 heavy (non-hydrogen) atoms. The van der Waals surface area contributed by atoms with Crippen LogP contribution in [0.15, 0.2) is 18.2 Å². The first-order chi connectivity index (χ1) is 14.2. The summed E-state index contributed by atoms with van der Waals surface area (Å²) in [7, 11) is 2.13. The highest BCUT2D eigenvalue weighted by Gasteiger charge is 2.31. The van der Waals surface area contributed by atoms with Crippen LogP contribution in [0.1, 0.15) is 80.9 Å². The second kappa shape index (κ2) is 8.37. The van der Waals surface area contributed by atoms with Gasteiger partial charge in [0.05, 0.1) is 24.4 Å². The van der Waals surface area contributed by atoms with E-state index in [2.05, 4.69) is 38.8 Å². The quantitative estimate of drug-likeness (QED) is 0.688. The zero-order valence-corrected chi connectivity index (χ0v) is 18.1. The van der Waals surface area contributed by atoms with Gasteiger partial charge in [0.15, 0.2) is 5.82 Å². The molecule has 0 unspecified atom stereocenters. The Kier molecular flexibility index (Phi) is 5.63. The summed E-state index contributed by atoms with van der Waals surface area (Å²) in [6, 6.07) is 6.19. The van der Waals surface area contributed by atoms with Crippen LogP contribution in [0.5, 0.6) is 0 Å². The Labute approximate surface area is 178 Å². The van der Waals surface area contributed by atoms with E-state index in [0.29, 0.717) is 18.1 Å². The lowest BCUT2D eigenvalue weighted by atomic mass is 9.86. The van der Waals surface area contributed by atoms with Crippen molar-refractivity contribution < 1.29 is 4.74 Å². The van der Waals surface area contributed by atoms with Gasteiger partial charge < -0.3 is 4.74 Å². The predicted molar refractivity (Wildman–Crippen MR) is 114 cm³/mol. The summed E-state index contributed by atoms with van der Waals surface area (Å²) < 4.78 is 8.76. The molecule has 5 nitrogen and oxygen atoms in total. The highest BCUT2D eigenvalue weighted by atomic mass is 35.5. The predicted octanol–water partition coefficient (Wildman–Crippen LogP) is 5.24. The van der Waals surface area contributed by atoms with Crippen molar-refractivity contribution in [3.63, 3.8) is 0 Å². The maximum atomic E-state index is 6.45. The summed E-state index contributed by atoms with van der Waals surface area (Å²) in [5.41, 5.74) is 2.43. The third-order valence-corrected chi connectivity index (χ3v) is 7.10. The molecule has 6 heteroatoms. The van der Waals surface area contributed by atoms with Crippen molar-refractivity contribution in [3.05, 3.63) is 40.4 Å². The van der Waals surface area contributed by atoms with E-state index < -0.39 is 0 Å². The van der Waals surface area contributed by atoms with Crippen LogP contribution < -0.4 is 0 Å². The van der Waals surface area contributed by atoms with Gasteiger partial charge in [-0.3, -0.25) is 9.47 Å².